The number of aromatic nitrogens is 3. The van der Waals surface area contributed by atoms with E-state index < -0.39 is 17.5 Å². The second-order valence-corrected chi connectivity index (χ2v) is 7.97. The van der Waals surface area contributed by atoms with Crippen LogP contribution in [0.2, 0.25) is 5.15 Å². The van der Waals surface area contributed by atoms with E-state index in [4.69, 9.17) is 21.1 Å². The zero-order valence-corrected chi connectivity index (χ0v) is 18.2. The molecule has 0 aliphatic carbocycles. The van der Waals surface area contributed by atoms with Crippen molar-refractivity contribution < 1.29 is 18.7 Å². The van der Waals surface area contributed by atoms with E-state index in [1.807, 2.05) is 0 Å². The number of pyridine rings is 1. The number of anilines is 1. The van der Waals surface area contributed by atoms with Crippen LogP contribution in [0.5, 0.6) is 5.88 Å². The van der Waals surface area contributed by atoms with Gasteiger partial charge in [0.15, 0.2) is 16.1 Å². The van der Waals surface area contributed by atoms with Gasteiger partial charge in [0.2, 0.25) is 5.88 Å². The number of likely N-dealkylation sites (N-methyl/N-ethyl adjacent to an activating group) is 1. The van der Waals surface area contributed by atoms with Crippen LogP contribution in [0.1, 0.15) is 20.8 Å². The van der Waals surface area contributed by atoms with Crippen molar-refractivity contribution in [1.82, 2.24) is 19.9 Å². The maximum absolute atomic E-state index is 14.5. The molecule has 0 saturated carbocycles. The minimum absolute atomic E-state index is 0.0131. The molecule has 0 aromatic carbocycles. The predicted molar refractivity (Wildman–Crippen MR) is 108 cm³/mol. The molecule has 154 valence electrons. The molecule has 8 nitrogen and oxygen atoms in total. The number of nitrogens with zero attached hydrogens (tertiary/aromatic N) is 4. The van der Waals surface area contributed by atoms with Gasteiger partial charge in [-0.15, -0.1) is 0 Å². The number of hydrogen-bond acceptors (Lipinski definition) is 8. The molecule has 28 heavy (non-hydrogen) atoms. The highest BCUT2D eigenvalue weighted by atomic mass is 35.5. The van der Waals surface area contributed by atoms with Crippen molar-refractivity contribution in [3.05, 3.63) is 11.0 Å². The Balaban J connectivity index is 2.27. The lowest BCUT2D eigenvalue weighted by Gasteiger charge is -2.24. The van der Waals surface area contributed by atoms with E-state index in [1.165, 1.54) is 23.8 Å². The van der Waals surface area contributed by atoms with Crippen LogP contribution in [-0.4, -0.2) is 65.0 Å². The summed E-state index contributed by atoms with van der Waals surface area (Å²) in [7, 11) is 3.03. The largest absolute Gasteiger partial charge is 0.480 e. The highest BCUT2D eigenvalue weighted by molar-refractivity contribution is 7.98. The average Bonchev–Trinajstić information content (AvgIpc) is 2.62. The number of carbonyl (C=O) groups excluding carboxylic acids is 1. The molecular formula is C17H23ClFN5O3S. The monoisotopic (exact) mass is 431 g/mol. The third kappa shape index (κ3) is 5.26. The lowest BCUT2D eigenvalue weighted by atomic mass is 10.2. The van der Waals surface area contributed by atoms with Gasteiger partial charge >= 0.3 is 6.09 Å². The first-order valence-corrected chi connectivity index (χ1v) is 10.0. The van der Waals surface area contributed by atoms with E-state index in [1.54, 1.807) is 34.1 Å². The van der Waals surface area contributed by atoms with Crippen molar-refractivity contribution in [2.75, 3.05) is 38.8 Å². The van der Waals surface area contributed by atoms with Gasteiger partial charge < -0.3 is 19.7 Å². The Hall–Kier alpha value is -2.07. The van der Waals surface area contributed by atoms with Crippen molar-refractivity contribution in [1.29, 1.82) is 0 Å². The van der Waals surface area contributed by atoms with Crippen molar-refractivity contribution in [3.8, 4) is 5.88 Å². The van der Waals surface area contributed by atoms with Crippen molar-refractivity contribution in [2.24, 2.45) is 0 Å². The zero-order valence-electron chi connectivity index (χ0n) is 16.6. The summed E-state index contributed by atoms with van der Waals surface area (Å²) in [5.41, 5.74) is -0.566. The van der Waals surface area contributed by atoms with E-state index in [0.717, 1.165) is 0 Å². The first-order chi connectivity index (χ1) is 13.1. The maximum atomic E-state index is 14.5. The molecule has 2 heterocycles. The van der Waals surface area contributed by atoms with Crippen LogP contribution >= 0.6 is 23.4 Å². The van der Waals surface area contributed by atoms with E-state index >= 15 is 0 Å². The smallest absolute Gasteiger partial charge is 0.410 e. The quantitative estimate of drug-likeness (QED) is 0.419. The number of rotatable bonds is 6. The van der Waals surface area contributed by atoms with Crippen LogP contribution in [0.3, 0.4) is 0 Å². The standard InChI is InChI=1S/C17H23ClFN5O3S/c1-17(2,3)27-16(25)24(4)8-7-20-13-9-11(21-15(23-13)28-6)10(19)12(18)22-14(9)26-5/h7-8H2,1-6H3,(H,20,21,23). The van der Waals surface area contributed by atoms with Crippen molar-refractivity contribution in [2.45, 2.75) is 31.5 Å². The third-order valence-electron chi connectivity index (χ3n) is 3.51. The van der Waals surface area contributed by atoms with Crippen LogP contribution in [0, 0.1) is 5.82 Å². The van der Waals surface area contributed by atoms with Crippen LogP contribution in [0.25, 0.3) is 10.9 Å². The lowest BCUT2D eigenvalue weighted by Crippen LogP contribution is -2.36. The molecule has 2 aromatic rings. The first kappa shape index (κ1) is 22.2. The number of methoxy groups -OCH3 is 1. The molecular weight excluding hydrogens is 409 g/mol. The van der Waals surface area contributed by atoms with E-state index in [2.05, 4.69) is 20.3 Å². The Morgan fingerprint density at radius 2 is 2.00 bits per heavy atom. The molecule has 0 bridgehead atoms. The SMILES string of the molecule is COc1nc(Cl)c(F)c2nc(SC)nc(NCCN(C)C(=O)OC(C)(C)C)c12. The summed E-state index contributed by atoms with van der Waals surface area (Å²) in [5.74, 6) is -0.298. The molecule has 2 rings (SSSR count). The number of hydrogen-bond donors (Lipinski definition) is 1. The van der Waals surface area contributed by atoms with E-state index in [9.17, 15) is 9.18 Å². The van der Waals surface area contributed by atoms with Gasteiger partial charge in [0.25, 0.3) is 0 Å². The average molecular weight is 432 g/mol. The van der Waals surface area contributed by atoms with Gasteiger partial charge in [0, 0.05) is 20.1 Å². The number of ether oxygens (including phenoxy) is 2. The van der Waals surface area contributed by atoms with Crippen LogP contribution in [0.4, 0.5) is 15.0 Å². The van der Waals surface area contributed by atoms with E-state index in [-0.39, 0.29) is 21.9 Å². The lowest BCUT2D eigenvalue weighted by molar-refractivity contribution is 0.0305. The van der Waals surface area contributed by atoms with E-state index in [0.29, 0.717) is 24.1 Å². The van der Waals surface area contributed by atoms with Gasteiger partial charge in [-0.05, 0) is 27.0 Å². The maximum Gasteiger partial charge on any atom is 0.410 e. The number of nitrogens with one attached hydrogen (secondary N) is 1. The fraction of sp³-hybridized carbons (Fsp3) is 0.529. The van der Waals surface area contributed by atoms with Crippen molar-refractivity contribution >= 4 is 46.2 Å². The number of halogens is 2. The molecule has 1 N–H and O–H groups in total. The molecule has 1 amide bonds. The number of thioether (sulfide) groups is 1. The number of amides is 1. The normalized spacial score (nSPS) is 11.4. The number of carbonyl (C=O) groups is 1. The molecule has 2 aromatic heterocycles. The van der Waals surface area contributed by atoms with Crippen LogP contribution < -0.4 is 10.1 Å². The second kappa shape index (κ2) is 8.95. The highest BCUT2D eigenvalue weighted by Gasteiger charge is 2.22. The summed E-state index contributed by atoms with van der Waals surface area (Å²) < 4.78 is 25.0. The molecule has 0 aliphatic heterocycles. The molecule has 0 radical (unpaired) electrons. The Morgan fingerprint density at radius 1 is 1.32 bits per heavy atom. The highest BCUT2D eigenvalue weighted by Crippen LogP contribution is 2.34. The molecule has 0 aliphatic rings. The Morgan fingerprint density at radius 3 is 2.57 bits per heavy atom. The molecule has 0 unspecified atom stereocenters. The van der Waals surface area contributed by atoms with Gasteiger partial charge in [0.1, 0.15) is 22.3 Å². The van der Waals surface area contributed by atoms with Gasteiger partial charge in [-0.3, -0.25) is 0 Å². The number of fused-ring (bicyclic) bond motifs is 1. The summed E-state index contributed by atoms with van der Waals surface area (Å²) in [6, 6.07) is 0. The minimum atomic E-state index is -0.746. The van der Waals surface area contributed by atoms with Gasteiger partial charge in [-0.25, -0.2) is 19.2 Å². The zero-order chi connectivity index (χ0) is 21.1. The summed E-state index contributed by atoms with van der Waals surface area (Å²) in [6.07, 6.45) is 1.34. The fourth-order valence-electron chi connectivity index (χ4n) is 2.23. The fourth-order valence-corrected chi connectivity index (χ4v) is 2.76. The third-order valence-corrected chi connectivity index (χ3v) is 4.31. The van der Waals surface area contributed by atoms with Crippen LogP contribution in [0.15, 0.2) is 5.16 Å². The van der Waals surface area contributed by atoms with Gasteiger partial charge in [-0.2, -0.15) is 4.98 Å². The first-order valence-electron chi connectivity index (χ1n) is 8.40. The molecule has 0 atom stereocenters. The Kier molecular flexibility index (Phi) is 7.11. The van der Waals surface area contributed by atoms with Crippen LogP contribution in [-0.2, 0) is 4.74 Å². The summed E-state index contributed by atoms with van der Waals surface area (Å²) in [5, 5.41) is 3.40. The summed E-state index contributed by atoms with van der Waals surface area (Å²) >= 11 is 7.10. The summed E-state index contributed by atoms with van der Waals surface area (Å²) in [6.45, 7) is 6.07. The second-order valence-electron chi connectivity index (χ2n) is 6.84. The molecule has 11 heteroatoms. The minimum Gasteiger partial charge on any atom is -0.480 e. The summed E-state index contributed by atoms with van der Waals surface area (Å²) in [4.78, 5) is 25.9. The Bertz CT molecular complexity index is 878. The molecule has 0 saturated heterocycles. The van der Waals surface area contributed by atoms with Gasteiger partial charge in [0.05, 0.1) is 7.11 Å². The molecule has 0 spiro atoms. The predicted octanol–water partition coefficient (Wildman–Crippen LogP) is 3.83. The molecule has 0 fully saturated rings. The van der Waals surface area contributed by atoms with Gasteiger partial charge in [-0.1, -0.05) is 23.4 Å². The Labute approximate surface area is 172 Å². The topological polar surface area (TPSA) is 89.5 Å². The van der Waals surface area contributed by atoms with Crippen molar-refractivity contribution in [3.63, 3.8) is 0 Å².